The Morgan fingerprint density at radius 1 is 1.38 bits per heavy atom. The van der Waals surface area contributed by atoms with Crippen LogP contribution in [-0.2, 0) is 20.9 Å². The van der Waals surface area contributed by atoms with Crippen LogP contribution in [0.5, 0.6) is 0 Å². The summed E-state index contributed by atoms with van der Waals surface area (Å²) in [6.07, 6.45) is 0. The number of thiazole rings is 1. The summed E-state index contributed by atoms with van der Waals surface area (Å²) in [6.45, 7) is 5.08. The molecule has 128 valence electrons. The van der Waals surface area contributed by atoms with Crippen LogP contribution in [0, 0.1) is 15.5 Å². The van der Waals surface area contributed by atoms with Crippen molar-refractivity contribution in [3.8, 4) is 0 Å². The van der Waals surface area contributed by atoms with Crippen molar-refractivity contribution in [2.24, 2.45) is 10.4 Å². The van der Waals surface area contributed by atoms with Crippen molar-refractivity contribution in [3.63, 3.8) is 0 Å². The Hall–Kier alpha value is -2.55. The maximum atomic E-state index is 12.2. The van der Waals surface area contributed by atoms with E-state index in [4.69, 9.17) is 0 Å². The average molecular weight is 351 g/mol. The standard InChI is InChI=1S/C15H17N3O5S/c1-15(2,3)13(20)16-14-17(8-12(19)23-4)10-6-5-9(18(21)22)7-11(10)24-14/h5-7H,8H2,1-4H3. The molecule has 0 bridgehead atoms. The maximum absolute atomic E-state index is 12.2. The molecule has 2 rings (SSSR count). The van der Waals surface area contributed by atoms with E-state index in [0.29, 0.717) is 15.0 Å². The van der Waals surface area contributed by atoms with Gasteiger partial charge in [-0.2, -0.15) is 4.99 Å². The minimum absolute atomic E-state index is 0.0670. The topological polar surface area (TPSA) is 104 Å². The molecule has 1 amide bonds. The quantitative estimate of drug-likeness (QED) is 0.479. The molecule has 0 unspecified atom stereocenters. The number of methoxy groups -OCH3 is 1. The largest absolute Gasteiger partial charge is 0.468 e. The Balaban J connectivity index is 2.69. The van der Waals surface area contributed by atoms with Crippen molar-refractivity contribution < 1.29 is 19.2 Å². The van der Waals surface area contributed by atoms with Gasteiger partial charge >= 0.3 is 5.97 Å². The number of non-ortho nitro benzene ring substituents is 1. The van der Waals surface area contributed by atoms with Crippen molar-refractivity contribution in [1.29, 1.82) is 0 Å². The normalized spacial score (nSPS) is 12.4. The lowest BCUT2D eigenvalue weighted by Crippen LogP contribution is -2.26. The Kier molecular flexibility index (Phi) is 4.83. The first-order valence-electron chi connectivity index (χ1n) is 7.07. The molecule has 0 aliphatic heterocycles. The summed E-state index contributed by atoms with van der Waals surface area (Å²) in [6, 6.07) is 4.28. The molecular formula is C15H17N3O5S. The fourth-order valence-electron chi connectivity index (χ4n) is 1.86. The molecule has 1 aromatic carbocycles. The van der Waals surface area contributed by atoms with Crippen molar-refractivity contribution >= 4 is 39.1 Å². The second-order valence-electron chi connectivity index (χ2n) is 6.12. The van der Waals surface area contributed by atoms with Crippen LogP contribution in [0.4, 0.5) is 5.69 Å². The number of rotatable bonds is 3. The van der Waals surface area contributed by atoms with Gasteiger partial charge in [-0.05, 0) is 6.07 Å². The predicted molar refractivity (Wildman–Crippen MR) is 88.5 cm³/mol. The molecule has 24 heavy (non-hydrogen) atoms. The van der Waals surface area contributed by atoms with Crippen LogP contribution in [0.25, 0.3) is 10.2 Å². The third-order valence-electron chi connectivity index (χ3n) is 3.23. The van der Waals surface area contributed by atoms with Gasteiger partial charge in [-0.3, -0.25) is 19.7 Å². The third kappa shape index (κ3) is 3.67. The summed E-state index contributed by atoms with van der Waals surface area (Å²) in [7, 11) is 1.26. The molecule has 0 spiro atoms. The van der Waals surface area contributed by atoms with E-state index in [0.717, 1.165) is 11.3 Å². The number of nitro benzene ring substituents is 1. The Morgan fingerprint density at radius 2 is 2.04 bits per heavy atom. The van der Waals surface area contributed by atoms with E-state index in [2.05, 4.69) is 9.73 Å². The number of fused-ring (bicyclic) bond motifs is 1. The number of ether oxygens (including phenoxy) is 1. The van der Waals surface area contributed by atoms with Crippen LogP contribution in [0.2, 0.25) is 0 Å². The molecule has 0 radical (unpaired) electrons. The first kappa shape index (κ1) is 17.8. The van der Waals surface area contributed by atoms with Gasteiger partial charge in [0.05, 0.1) is 22.2 Å². The Bertz CT molecular complexity index is 889. The lowest BCUT2D eigenvalue weighted by atomic mass is 9.96. The Morgan fingerprint density at radius 3 is 2.58 bits per heavy atom. The second-order valence-corrected chi connectivity index (χ2v) is 7.13. The molecule has 1 aromatic heterocycles. The van der Waals surface area contributed by atoms with Crippen molar-refractivity contribution in [2.45, 2.75) is 27.3 Å². The molecule has 0 atom stereocenters. The highest BCUT2D eigenvalue weighted by Crippen LogP contribution is 2.24. The van der Waals surface area contributed by atoms with Gasteiger partial charge < -0.3 is 9.30 Å². The highest BCUT2D eigenvalue weighted by molar-refractivity contribution is 7.16. The zero-order chi connectivity index (χ0) is 18.1. The molecule has 0 saturated carbocycles. The molecule has 0 saturated heterocycles. The van der Waals surface area contributed by atoms with E-state index in [9.17, 15) is 19.7 Å². The molecule has 0 aliphatic rings. The van der Waals surface area contributed by atoms with Crippen LogP contribution < -0.4 is 4.80 Å². The van der Waals surface area contributed by atoms with Crippen molar-refractivity contribution in [1.82, 2.24) is 4.57 Å². The van der Waals surface area contributed by atoms with Gasteiger partial charge in [-0.1, -0.05) is 32.1 Å². The number of nitrogens with zero attached hydrogens (tertiary/aromatic N) is 3. The molecule has 8 nitrogen and oxygen atoms in total. The van der Waals surface area contributed by atoms with Gasteiger partial charge in [-0.15, -0.1) is 0 Å². The van der Waals surface area contributed by atoms with Crippen LogP contribution in [0.3, 0.4) is 0 Å². The summed E-state index contributed by atoms with van der Waals surface area (Å²) in [4.78, 5) is 38.7. The number of esters is 1. The van der Waals surface area contributed by atoms with E-state index in [1.165, 1.54) is 29.9 Å². The fraction of sp³-hybridized carbons (Fsp3) is 0.400. The summed E-state index contributed by atoms with van der Waals surface area (Å²) in [5.74, 6) is -0.847. The van der Waals surface area contributed by atoms with Crippen molar-refractivity contribution in [3.05, 3.63) is 33.1 Å². The zero-order valence-corrected chi connectivity index (χ0v) is 14.5. The fourth-order valence-corrected chi connectivity index (χ4v) is 2.92. The number of amides is 1. The van der Waals surface area contributed by atoms with E-state index < -0.39 is 16.3 Å². The van der Waals surface area contributed by atoms with Crippen LogP contribution in [-0.4, -0.2) is 28.5 Å². The lowest BCUT2D eigenvalue weighted by molar-refractivity contribution is -0.384. The number of aromatic nitrogens is 1. The van der Waals surface area contributed by atoms with Crippen LogP contribution in [0.1, 0.15) is 20.8 Å². The minimum atomic E-state index is -0.675. The molecule has 0 fully saturated rings. The molecule has 1 heterocycles. The first-order valence-corrected chi connectivity index (χ1v) is 7.89. The first-order chi connectivity index (χ1) is 11.1. The number of carbonyl (C=O) groups is 2. The average Bonchev–Trinajstić information content (AvgIpc) is 2.82. The summed E-state index contributed by atoms with van der Waals surface area (Å²) < 4.78 is 6.76. The Labute approximate surface area is 141 Å². The SMILES string of the molecule is COC(=O)Cn1c(=NC(=O)C(C)(C)C)sc2cc([N+](=O)[O-])ccc21. The van der Waals surface area contributed by atoms with Gasteiger partial charge in [0.25, 0.3) is 11.6 Å². The van der Waals surface area contributed by atoms with Crippen LogP contribution >= 0.6 is 11.3 Å². The van der Waals surface area contributed by atoms with Gasteiger partial charge in [-0.25, -0.2) is 0 Å². The predicted octanol–water partition coefficient (Wildman–Crippen LogP) is 2.26. The molecule has 9 heteroatoms. The summed E-state index contributed by atoms with van der Waals surface area (Å²) in [5.41, 5.74) is -0.162. The number of nitro groups is 1. The number of hydrogen-bond donors (Lipinski definition) is 0. The monoisotopic (exact) mass is 351 g/mol. The number of benzene rings is 1. The third-order valence-corrected chi connectivity index (χ3v) is 4.27. The van der Waals surface area contributed by atoms with E-state index in [-0.39, 0.29) is 18.1 Å². The van der Waals surface area contributed by atoms with Crippen molar-refractivity contribution in [2.75, 3.05) is 7.11 Å². The van der Waals surface area contributed by atoms with E-state index in [1.54, 1.807) is 20.8 Å². The maximum Gasteiger partial charge on any atom is 0.325 e. The minimum Gasteiger partial charge on any atom is -0.468 e. The molecule has 2 aromatic rings. The van der Waals surface area contributed by atoms with E-state index in [1.807, 2.05) is 0 Å². The number of hydrogen-bond acceptors (Lipinski definition) is 6. The van der Waals surface area contributed by atoms with Gasteiger partial charge in [0.1, 0.15) is 6.54 Å². The van der Waals surface area contributed by atoms with Gasteiger partial charge in [0.15, 0.2) is 4.80 Å². The number of carbonyl (C=O) groups excluding carboxylic acids is 2. The summed E-state index contributed by atoms with van der Waals surface area (Å²) in [5, 5.41) is 10.9. The van der Waals surface area contributed by atoms with Gasteiger partial charge in [0.2, 0.25) is 0 Å². The highest BCUT2D eigenvalue weighted by Gasteiger charge is 2.22. The highest BCUT2D eigenvalue weighted by atomic mass is 32.1. The lowest BCUT2D eigenvalue weighted by Gasteiger charge is -2.11. The molecule has 0 N–H and O–H groups in total. The smallest absolute Gasteiger partial charge is 0.325 e. The molecular weight excluding hydrogens is 334 g/mol. The second kappa shape index (κ2) is 6.52. The summed E-state index contributed by atoms with van der Waals surface area (Å²) >= 11 is 1.12. The molecule has 0 aliphatic carbocycles. The van der Waals surface area contributed by atoms with Gasteiger partial charge in [0, 0.05) is 17.5 Å². The van der Waals surface area contributed by atoms with E-state index >= 15 is 0 Å². The van der Waals surface area contributed by atoms with Crippen LogP contribution in [0.15, 0.2) is 23.2 Å². The zero-order valence-electron chi connectivity index (χ0n) is 13.7.